The van der Waals surface area contributed by atoms with Crippen LogP contribution in [-0.2, 0) is 0 Å². The van der Waals surface area contributed by atoms with E-state index in [9.17, 15) is 0 Å². The molecule has 0 bridgehead atoms. The number of alkyl halides is 1. The van der Waals surface area contributed by atoms with E-state index in [-0.39, 0.29) is 0 Å². The van der Waals surface area contributed by atoms with Gasteiger partial charge in [0.15, 0.2) is 0 Å². The molecule has 0 spiro atoms. The lowest BCUT2D eigenvalue weighted by Gasteiger charge is -2.23. The fourth-order valence-electron chi connectivity index (χ4n) is 1.17. The second kappa shape index (κ2) is 4.73. The zero-order valence-electron chi connectivity index (χ0n) is 9.08. The van der Waals surface area contributed by atoms with E-state index in [1.807, 2.05) is 27.0 Å². The third-order valence-corrected chi connectivity index (χ3v) is 3.11. The van der Waals surface area contributed by atoms with E-state index >= 15 is 0 Å². The Bertz CT molecular complexity index is 294. The summed E-state index contributed by atoms with van der Waals surface area (Å²) in [4.78, 5) is 10.9. The van der Waals surface area contributed by atoms with Crippen LogP contribution in [0.5, 0.6) is 0 Å². The lowest BCUT2D eigenvalue weighted by atomic mass is 10.3. The minimum Gasteiger partial charge on any atom is -0.340 e. The average Bonchev–Trinajstić information content (AvgIpc) is 2.14. The Labute approximate surface area is 93.7 Å². The van der Waals surface area contributed by atoms with Crippen LogP contribution >= 0.6 is 15.9 Å². The fourth-order valence-corrected chi connectivity index (χ4v) is 1.60. The second-order valence-electron chi connectivity index (χ2n) is 3.56. The molecule has 0 radical (unpaired) electrons. The molecule has 0 saturated heterocycles. The normalized spacial score (nSPS) is 12.6. The number of anilines is 1. The Morgan fingerprint density at radius 2 is 1.86 bits per heavy atom. The van der Waals surface area contributed by atoms with Crippen LogP contribution in [0.1, 0.15) is 18.3 Å². The van der Waals surface area contributed by atoms with Crippen LogP contribution in [0.4, 0.5) is 5.95 Å². The Hall–Kier alpha value is -0.640. The van der Waals surface area contributed by atoms with E-state index in [4.69, 9.17) is 0 Å². The molecule has 14 heavy (non-hydrogen) atoms. The molecule has 0 aliphatic carbocycles. The summed E-state index contributed by atoms with van der Waals surface area (Å²) in [7, 11) is 2.01. The van der Waals surface area contributed by atoms with E-state index in [0.717, 1.165) is 22.7 Å². The number of hydrogen-bond acceptors (Lipinski definition) is 3. The van der Waals surface area contributed by atoms with Gasteiger partial charge in [0.1, 0.15) is 0 Å². The fraction of sp³-hybridized carbons (Fsp3) is 0.600. The number of aromatic nitrogens is 2. The van der Waals surface area contributed by atoms with Crippen molar-refractivity contribution >= 4 is 21.9 Å². The van der Waals surface area contributed by atoms with Gasteiger partial charge in [0.2, 0.25) is 5.95 Å². The molecule has 3 nitrogen and oxygen atoms in total. The highest BCUT2D eigenvalue weighted by Gasteiger charge is 2.11. The van der Waals surface area contributed by atoms with Crippen molar-refractivity contribution in [1.82, 2.24) is 9.97 Å². The largest absolute Gasteiger partial charge is 0.340 e. The molecule has 1 heterocycles. The summed E-state index contributed by atoms with van der Waals surface area (Å²) in [5.41, 5.74) is 2.03. The maximum absolute atomic E-state index is 4.40. The van der Waals surface area contributed by atoms with Gasteiger partial charge in [-0.15, -0.1) is 0 Å². The molecule has 0 N–H and O–H groups in total. The van der Waals surface area contributed by atoms with Crippen molar-refractivity contribution in [1.29, 1.82) is 0 Å². The van der Waals surface area contributed by atoms with E-state index < -0.39 is 0 Å². The highest BCUT2D eigenvalue weighted by molar-refractivity contribution is 9.09. The molecule has 0 aromatic carbocycles. The van der Waals surface area contributed by atoms with Crippen molar-refractivity contribution < 1.29 is 0 Å². The topological polar surface area (TPSA) is 29.0 Å². The first kappa shape index (κ1) is 11.4. The summed E-state index contributed by atoms with van der Waals surface area (Å²) >= 11 is 3.45. The summed E-state index contributed by atoms with van der Waals surface area (Å²) in [6.45, 7) is 6.12. The molecule has 1 atom stereocenters. The van der Waals surface area contributed by atoms with Crippen molar-refractivity contribution in [2.45, 2.75) is 26.8 Å². The quantitative estimate of drug-likeness (QED) is 0.779. The van der Waals surface area contributed by atoms with Crippen LogP contribution in [0.2, 0.25) is 0 Å². The monoisotopic (exact) mass is 257 g/mol. The molecular weight excluding hydrogens is 242 g/mol. The Kier molecular flexibility index (Phi) is 3.86. The van der Waals surface area contributed by atoms with Crippen LogP contribution in [-0.4, -0.2) is 28.4 Å². The number of hydrogen-bond donors (Lipinski definition) is 0. The van der Waals surface area contributed by atoms with Gasteiger partial charge in [-0.25, -0.2) is 9.97 Å². The Morgan fingerprint density at radius 1 is 1.36 bits per heavy atom. The summed E-state index contributed by atoms with van der Waals surface area (Å²) < 4.78 is 0. The third-order valence-electron chi connectivity index (χ3n) is 2.17. The molecule has 1 rings (SSSR count). The highest BCUT2D eigenvalue weighted by Crippen LogP contribution is 2.12. The molecule has 0 saturated carbocycles. The van der Waals surface area contributed by atoms with Crippen LogP contribution in [0.3, 0.4) is 0 Å². The van der Waals surface area contributed by atoms with Gasteiger partial charge in [-0.1, -0.05) is 15.9 Å². The first-order valence-electron chi connectivity index (χ1n) is 4.65. The van der Waals surface area contributed by atoms with E-state index in [1.54, 1.807) is 0 Å². The van der Waals surface area contributed by atoms with Gasteiger partial charge in [0.25, 0.3) is 0 Å². The zero-order valence-corrected chi connectivity index (χ0v) is 10.7. The van der Waals surface area contributed by atoms with Crippen LogP contribution in [0.25, 0.3) is 0 Å². The maximum atomic E-state index is 4.40. The Balaban J connectivity index is 2.94. The smallest absolute Gasteiger partial charge is 0.225 e. The number of nitrogens with zero attached hydrogens (tertiary/aromatic N) is 3. The standard InChI is InChI=1S/C10H16BrN3/c1-7-5-8(2)13-10(12-7)14(4)9(3)6-11/h5,9H,6H2,1-4H3. The summed E-state index contributed by atoms with van der Waals surface area (Å²) in [5.74, 6) is 0.800. The molecule has 0 aliphatic heterocycles. The first-order valence-corrected chi connectivity index (χ1v) is 5.78. The molecule has 0 fully saturated rings. The predicted molar refractivity (Wildman–Crippen MR) is 63.2 cm³/mol. The molecule has 1 unspecified atom stereocenters. The average molecular weight is 258 g/mol. The maximum Gasteiger partial charge on any atom is 0.225 e. The summed E-state index contributed by atoms with van der Waals surface area (Å²) in [6.07, 6.45) is 0. The van der Waals surface area contributed by atoms with Crippen molar-refractivity contribution in [3.8, 4) is 0 Å². The van der Waals surface area contributed by atoms with Gasteiger partial charge in [-0.2, -0.15) is 0 Å². The number of rotatable bonds is 3. The van der Waals surface area contributed by atoms with Gasteiger partial charge in [-0.3, -0.25) is 0 Å². The lowest BCUT2D eigenvalue weighted by molar-refractivity contribution is 0.737. The van der Waals surface area contributed by atoms with Crippen LogP contribution in [0.15, 0.2) is 6.07 Å². The molecule has 78 valence electrons. The van der Waals surface area contributed by atoms with Gasteiger partial charge >= 0.3 is 0 Å². The van der Waals surface area contributed by atoms with Crippen molar-refractivity contribution in [2.75, 3.05) is 17.3 Å². The van der Waals surface area contributed by atoms with E-state index in [1.165, 1.54) is 0 Å². The van der Waals surface area contributed by atoms with Crippen LogP contribution < -0.4 is 4.90 Å². The van der Waals surface area contributed by atoms with E-state index in [0.29, 0.717) is 6.04 Å². The van der Waals surface area contributed by atoms with Gasteiger partial charge in [0.05, 0.1) is 0 Å². The lowest BCUT2D eigenvalue weighted by Crippen LogP contribution is -2.31. The van der Waals surface area contributed by atoms with Gasteiger partial charge < -0.3 is 4.90 Å². The van der Waals surface area contributed by atoms with Crippen molar-refractivity contribution in [3.05, 3.63) is 17.5 Å². The number of aryl methyl sites for hydroxylation is 2. The van der Waals surface area contributed by atoms with Crippen molar-refractivity contribution in [3.63, 3.8) is 0 Å². The SMILES string of the molecule is Cc1cc(C)nc(N(C)C(C)CBr)n1. The Morgan fingerprint density at radius 3 is 2.29 bits per heavy atom. The second-order valence-corrected chi connectivity index (χ2v) is 4.21. The molecule has 1 aromatic rings. The molecular formula is C10H16BrN3. The molecule has 1 aromatic heterocycles. The minimum absolute atomic E-state index is 0.399. The number of halogens is 1. The highest BCUT2D eigenvalue weighted by atomic mass is 79.9. The zero-order chi connectivity index (χ0) is 10.7. The van der Waals surface area contributed by atoms with Gasteiger partial charge in [0, 0.05) is 29.8 Å². The van der Waals surface area contributed by atoms with E-state index in [2.05, 4.69) is 37.7 Å². The summed E-state index contributed by atoms with van der Waals surface area (Å²) in [6, 6.07) is 2.38. The molecule has 0 aliphatic rings. The van der Waals surface area contributed by atoms with Gasteiger partial charge in [-0.05, 0) is 26.8 Å². The molecule has 0 amide bonds. The first-order chi connectivity index (χ1) is 6.54. The minimum atomic E-state index is 0.399. The predicted octanol–water partition coefficient (Wildman–Crippen LogP) is 2.31. The van der Waals surface area contributed by atoms with Crippen molar-refractivity contribution in [2.24, 2.45) is 0 Å². The van der Waals surface area contributed by atoms with Crippen LogP contribution in [0, 0.1) is 13.8 Å². The molecule has 4 heteroatoms. The summed E-state index contributed by atoms with van der Waals surface area (Å²) in [5, 5.41) is 0.917. The third kappa shape index (κ3) is 2.67.